The van der Waals surface area contributed by atoms with E-state index in [9.17, 15) is 31.5 Å². The van der Waals surface area contributed by atoms with Crippen LogP contribution in [0, 0.1) is 28.4 Å². The first-order valence-corrected chi connectivity index (χ1v) is 17.8. The highest BCUT2D eigenvalue weighted by atomic mass is 32.1. The second kappa shape index (κ2) is 13.4. The molecule has 6 rings (SSSR count). The number of carbonyl (C=O) groups excluding carboxylic acids is 2. The SMILES string of the molecule is CCOC(=O)C1(c2cccc(COC[C@@H]3CN(c4cc(F)c(F)c5ncsc45)CC34CN(C(=O)C(C)(C)C(F)(F)F)C4)c2)CCCCCC1. The van der Waals surface area contributed by atoms with Gasteiger partial charge in [0.05, 0.1) is 41.1 Å². The zero-order valence-corrected chi connectivity index (χ0v) is 28.8. The monoisotopic (exact) mass is 707 g/mol. The van der Waals surface area contributed by atoms with E-state index in [1.807, 2.05) is 36.1 Å². The quantitative estimate of drug-likeness (QED) is 0.129. The van der Waals surface area contributed by atoms with E-state index in [2.05, 4.69) is 4.98 Å². The molecule has 0 N–H and O–H groups in total. The van der Waals surface area contributed by atoms with Crippen LogP contribution in [0.5, 0.6) is 0 Å². The molecular formula is C36H42F5N3O4S. The summed E-state index contributed by atoms with van der Waals surface area (Å²) in [6, 6.07) is 8.96. The number of hydrogen-bond acceptors (Lipinski definition) is 7. The molecule has 3 aliphatic rings. The number of esters is 1. The molecule has 3 heterocycles. The highest BCUT2D eigenvalue weighted by Gasteiger charge is 2.61. The Hall–Kier alpha value is -3.32. The van der Waals surface area contributed by atoms with Gasteiger partial charge in [0.15, 0.2) is 11.6 Å². The summed E-state index contributed by atoms with van der Waals surface area (Å²) in [5.41, 5.74) is -0.257. The fourth-order valence-electron chi connectivity index (χ4n) is 7.85. The van der Waals surface area contributed by atoms with Gasteiger partial charge in [-0.1, -0.05) is 49.9 Å². The van der Waals surface area contributed by atoms with Gasteiger partial charge in [-0.3, -0.25) is 9.59 Å². The first-order chi connectivity index (χ1) is 23.2. The van der Waals surface area contributed by atoms with Crippen molar-refractivity contribution in [1.82, 2.24) is 9.88 Å². The van der Waals surface area contributed by atoms with Crippen molar-refractivity contribution in [1.29, 1.82) is 0 Å². The lowest BCUT2D eigenvalue weighted by Gasteiger charge is -2.52. The summed E-state index contributed by atoms with van der Waals surface area (Å²) < 4.78 is 82.8. The molecule has 2 aliphatic heterocycles. The lowest BCUT2D eigenvalue weighted by atomic mass is 9.70. The fourth-order valence-corrected chi connectivity index (χ4v) is 8.68. The summed E-state index contributed by atoms with van der Waals surface area (Å²) in [7, 11) is 0. The maximum atomic E-state index is 14.7. The van der Waals surface area contributed by atoms with Crippen LogP contribution in [0.15, 0.2) is 35.8 Å². The first kappa shape index (κ1) is 35.5. The van der Waals surface area contributed by atoms with E-state index in [0.717, 1.165) is 56.7 Å². The number of carbonyl (C=O) groups is 2. The Morgan fingerprint density at radius 1 is 1.04 bits per heavy atom. The smallest absolute Gasteiger partial charge is 0.402 e. The molecule has 0 unspecified atom stereocenters. The maximum absolute atomic E-state index is 14.7. The number of ether oxygens (including phenoxy) is 2. The number of halogens is 5. The van der Waals surface area contributed by atoms with Crippen LogP contribution in [0.1, 0.15) is 70.4 Å². The molecule has 266 valence electrons. The Balaban J connectivity index is 1.22. The number of aromatic nitrogens is 1. The van der Waals surface area contributed by atoms with E-state index in [4.69, 9.17) is 9.47 Å². The molecule has 3 aromatic rings. The first-order valence-electron chi connectivity index (χ1n) is 16.9. The van der Waals surface area contributed by atoms with Gasteiger partial charge in [-0.25, -0.2) is 13.8 Å². The van der Waals surface area contributed by atoms with Crippen molar-refractivity contribution in [2.45, 2.75) is 77.5 Å². The normalized spacial score (nSPS) is 20.8. The number of anilines is 1. The minimum Gasteiger partial charge on any atom is -0.465 e. The number of hydrogen-bond donors (Lipinski definition) is 0. The summed E-state index contributed by atoms with van der Waals surface area (Å²) in [6.07, 6.45) is 0.732. The average Bonchev–Trinajstić information content (AvgIpc) is 3.60. The number of rotatable bonds is 9. The van der Waals surface area contributed by atoms with Crippen molar-refractivity contribution in [3.8, 4) is 0 Å². The van der Waals surface area contributed by atoms with Crippen molar-refractivity contribution < 1.29 is 41.0 Å². The average molecular weight is 708 g/mol. The molecule has 2 saturated heterocycles. The molecule has 49 heavy (non-hydrogen) atoms. The van der Waals surface area contributed by atoms with E-state index < -0.39 is 40.0 Å². The third kappa shape index (κ3) is 6.41. The Labute approximate surface area is 286 Å². The lowest BCUT2D eigenvalue weighted by Crippen LogP contribution is -2.66. The standard InChI is InChI=1S/C36H42F5N3O4S/c1-4-48-32(46)35(12-7-5-6-8-13-35)24-11-9-10-23(14-24)17-47-18-25-16-43(27-15-26(37)28(38)29-30(27)49-22-42-29)19-34(25)20-44(21-34)31(45)33(2,3)36(39,40)41/h9-11,14-15,22,25H,4-8,12-13,16-21H2,1-3H3/t25-/m0/s1. The Bertz CT molecular complexity index is 1700. The molecule has 1 aromatic heterocycles. The number of likely N-dealkylation sites (tertiary alicyclic amines) is 1. The molecule has 1 atom stereocenters. The molecule has 1 saturated carbocycles. The molecule has 3 fully saturated rings. The van der Waals surface area contributed by atoms with Crippen molar-refractivity contribution in [2.24, 2.45) is 16.7 Å². The highest BCUT2D eigenvalue weighted by molar-refractivity contribution is 7.17. The Morgan fingerprint density at radius 2 is 1.76 bits per heavy atom. The minimum absolute atomic E-state index is 0.0692. The summed E-state index contributed by atoms with van der Waals surface area (Å²) in [5, 5.41) is 0. The van der Waals surface area contributed by atoms with Crippen LogP contribution in [-0.4, -0.2) is 67.3 Å². The van der Waals surface area contributed by atoms with E-state index in [1.54, 1.807) is 0 Å². The van der Waals surface area contributed by atoms with Crippen LogP contribution < -0.4 is 4.90 Å². The summed E-state index contributed by atoms with van der Waals surface area (Å²) in [5.74, 6) is -3.48. The zero-order chi connectivity index (χ0) is 35.2. The van der Waals surface area contributed by atoms with Gasteiger partial charge in [-0.2, -0.15) is 13.2 Å². The minimum atomic E-state index is -4.71. The summed E-state index contributed by atoms with van der Waals surface area (Å²) in [6.45, 7) is 5.21. The topological polar surface area (TPSA) is 72.0 Å². The largest absolute Gasteiger partial charge is 0.465 e. The number of thiazole rings is 1. The van der Waals surface area contributed by atoms with Gasteiger partial charge in [0, 0.05) is 43.6 Å². The maximum Gasteiger partial charge on any atom is 0.402 e. The van der Waals surface area contributed by atoms with Gasteiger partial charge in [-0.05, 0) is 44.7 Å². The van der Waals surface area contributed by atoms with Gasteiger partial charge in [-0.15, -0.1) is 11.3 Å². The van der Waals surface area contributed by atoms with Crippen LogP contribution in [0.4, 0.5) is 27.6 Å². The third-order valence-electron chi connectivity index (χ3n) is 10.9. The van der Waals surface area contributed by atoms with Crippen LogP contribution in [-0.2, 0) is 31.1 Å². The van der Waals surface area contributed by atoms with Crippen molar-refractivity contribution in [2.75, 3.05) is 44.3 Å². The number of amides is 1. The van der Waals surface area contributed by atoms with Gasteiger partial charge in [0.25, 0.3) is 0 Å². The molecule has 2 aromatic carbocycles. The van der Waals surface area contributed by atoms with E-state index >= 15 is 0 Å². The Morgan fingerprint density at radius 3 is 2.43 bits per heavy atom. The molecule has 1 amide bonds. The molecular weight excluding hydrogens is 665 g/mol. The number of fused-ring (bicyclic) bond motifs is 1. The number of benzene rings is 2. The summed E-state index contributed by atoms with van der Waals surface area (Å²) in [4.78, 5) is 33.5. The summed E-state index contributed by atoms with van der Waals surface area (Å²) >= 11 is 1.18. The number of alkyl halides is 3. The van der Waals surface area contributed by atoms with E-state index in [1.165, 1.54) is 21.7 Å². The predicted molar refractivity (Wildman–Crippen MR) is 176 cm³/mol. The van der Waals surface area contributed by atoms with Gasteiger partial charge in [0.2, 0.25) is 5.91 Å². The zero-order valence-electron chi connectivity index (χ0n) is 28.0. The molecule has 1 spiro atoms. The van der Waals surface area contributed by atoms with Gasteiger partial charge < -0.3 is 19.3 Å². The van der Waals surface area contributed by atoms with Crippen molar-refractivity contribution >= 4 is 39.1 Å². The molecule has 7 nitrogen and oxygen atoms in total. The molecule has 13 heteroatoms. The van der Waals surface area contributed by atoms with Crippen LogP contribution in [0.25, 0.3) is 10.2 Å². The van der Waals surface area contributed by atoms with Crippen LogP contribution in [0.3, 0.4) is 0 Å². The van der Waals surface area contributed by atoms with Gasteiger partial charge in [0.1, 0.15) is 10.9 Å². The second-order valence-corrected chi connectivity index (χ2v) is 15.2. The van der Waals surface area contributed by atoms with E-state index in [-0.39, 0.29) is 43.7 Å². The third-order valence-corrected chi connectivity index (χ3v) is 11.7. The van der Waals surface area contributed by atoms with Gasteiger partial charge >= 0.3 is 12.1 Å². The molecule has 1 aliphatic carbocycles. The van der Waals surface area contributed by atoms with Crippen LogP contribution in [0.2, 0.25) is 0 Å². The highest BCUT2D eigenvalue weighted by Crippen LogP contribution is 2.50. The second-order valence-electron chi connectivity index (χ2n) is 14.4. The van der Waals surface area contributed by atoms with E-state index in [0.29, 0.717) is 42.9 Å². The number of nitrogens with zero attached hydrogens (tertiary/aromatic N) is 3. The Kier molecular flexibility index (Phi) is 9.73. The predicted octanol–water partition coefficient (Wildman–Crippen LogP) is 7.80. The fraction of sp³-hybridized carbons (Fsp3) is 0.583. The lowest BCUT2D eigenvalue weighted by molar-refractivity contribution is -0.223. The molecule has 0 radical (unpaired) electrons. The van der Waals surface area contributed by atoms with Crippen molar-refractivity contribution in [3.05, 3.63) is 58.6 Å². The molecule has 0 bridgehead atoms. The van der Waals surface area contributed by atoms with Crippen LogP contribution >= 0.6 is 11.3 Å². The van der Waals surface area contributed by atoms with Crippen molar-refractivity contribution in [3.63, 3.8) is 0 Å².